The van der Waals surface area contributed by atoms with Crippen molar-refractivity contribution in [1.29, 1.82) is 0 Å². The fraction of sp³-hybridized carbons (Fsp3) is 0.412. The number of hydrogen-bond acceptors (Lipinski definition) is 4. The average Bonchev–Trinajstić information content (AvgIpc) is 2.55. The van der Waals surface area contributed by atoms with Crippen molar-refractivity contribution in [2.24, 2.45) is 5.73 Å². The third kappa shape index (κ3) is 3.23. The number of nitrogens with zero attached hydrogens (tertiary/aromatic N) is 3. The number of aromatic nitrogens is 2. The molecule has 0 atom stereocenters. The molecule has 22 heavy (non-hydrogen) atoms. The minimum Gasteiger partial charge on any atom is -0.368 e. The second-order valence-electron chi connectivity index (χ2n) is 5.71. The fourth-order valence-corrected chi connectivity index (χ4v) is 2.99. The highest BCUT2D eigenvalue weighted by Crippen LogP contribution is 2.31. The summed E-state index contributed by atoms with van der Waals surface area (Å²) < 4.78 is 0. The zero-order chi connectivity index (χ0) is 15.5. The van der Waals surface area contributed by atoms with Gasteiger partial charge in [-0.05, 0) is 25.0 Å². The average molecular weight is 317 g/mol. The van der Waals surface area contributed by atoms with Crippen LogP contribution in [0.15, 0.2) is 30.5 Å². The smallest absolute Gasteiger partial charge is 0.128 e. The Morgan fingerprint density at radius 2 is 2.09 bits per heavy atom. The van der Waals surface area contributed by atoms with E-state index in [2.05, 4.69) is 16.8 Å². The monoisotopic (exact) mass is 316 g/mol. The maximum Gasteiger partial charge on any atom is 0.128 e. The first-order chi connectivity index (χ1) is 10.7. The van der Waals surface area contributed by atoms with Crippen LogP contribution < -0.4 is 10.6 Å². The van der Waals surface area contributed by atoms with Gasteiger partial charge in [0.1, 0.15) is 5.82 Å². The van der Waals surface area contributed by atoms with Crippen LogP contribution in [0.2, 0.25) is 5.02 Å². The Labute approximate surface area is 136 Å². The van der Waals surface area contributed by atoms with E-state index in [0.717, 1.165) is 60.1 Å². The first kappa shape index (κ1) is 15.3. The molecule has 2 N–H and O–H groups in total. The summed E-state index contributed by atoms with van der Waals surface area (Å²) in [6, 6.07) is 8.16. The molecular formula is C17H21ClN4. The van der Waals surface area contributed by atoms with Gasteiger partial charge in [0.2, 0.25) is 0 Å². The van der Waals surface area contributed by atoms with E-state index in [1.807, 2.05) is 30.5 Å². The van der Waals surface area contributed by atoms with Gasteiger partial charge >= 0.3 is 0 Å². The lowest BCUT2D eigenvalue weighted by molar-refractivity contribution is 0.501. The Bertz CT molecular complexity index is 651. The van der Waals surface area contributed by atoms with Crippen LogP contribution in [-0.4, -0.2) is 29.1 Å². The molecule has 1 aliphatic heterocycles. The molecule has 1 saturated heterocycles. The summed E-state index contributed by atoms with van der Waals surface area (Å²) in [6.07, 6.45) is 4.77. The summed E-state index contributed by atoms with van der Waals surface area (Å²) in [5, 5.41) is 0.723. The fourth-order valence-electron chi connectivity index (χ4n) is 2.80. The number of benzene rings is 1. The number of nitrogens with two attached hydrogens (primary N) is 1. The van der Waals surface area contributed by atoms with Crippen molar-refractivity contribution in [2.45, 2.75) is 32.2 Å². The number of anilines is 1. The van der Waals surface area contributed by atoms with Gasteiger partial charge in [-0.2, -0.15) is 0 Å². The highest BCUT2D eigenvalue weighted by Gasteiger charge is 2.20. The molecule has 0 radical (unpaired) electrons. The Morgan fingerprint density at radius 1 is 1.32 bits per heavy atom. The van der Waals surface area contributed by atoms with E-state index >= 15 is 0 Å². The molecule has 2 heterocycles. The summed E-state index contributed by atoms with van der Waals surface area (Å²) in [4.78, 5) is 11.6. The van der Waals surface area contributed by atoms with Crippen LogP contribution in [-0.2, 0) is 6.42 Å². The lowest BCUT2D eigenvalue weighted by Gasteiger charge is -2.32. The molecule has 0 spiro atoms. The first-order valence-corrected chi connectivity index (χ1v) is 8.17. The molecular weight excluding hydrogens is 296 g/mol. The van der Waals surface area contributed by atoms with Crippen molar-refractivity contribution in [3.05, 3.63) is 41.3 Å². The molecule has 0 aliphatic carbocycles. The lowest BCUT2D eigenvalue weighted by atomic mass is 10.0. The predicted octanol–water partition coefficient (Wildman–Crippen LogP) is 3.29. The maximum atomic E-state index is 6.15. The molecule has 4 nitrogen and oxygen atoms in total. The normalized spacial score (nSPS) is 16.0. The molecule has 2 aromatic rings. The second kappa shape index (κ2) is 6.63. The van der Waals surface area contributed by atoms with Crippen LogP contribution in [0, 0.1) is 0 Å². The van der Waals surface area contributed by atoms with Crippen molar-refractivity contribution in [2.75, 3.05) is 18.0 Å². The molecule has 0 unspecified atom stereocenters. The van der Waals surface area contributed by atoms with Crippen LogP contribution in [0.25, 0.3) is 11.3 Å². The predicted molar refractivity (Wildman–Crippen MR) is 91.3 cm³/mol. The van der Waals surface area contributed by atoms with Gasteiger partial charge in [0.05, 0.1) is 17.6 Å². The van der Waals surface area contributed by atoms with Crippen molar-refractivity contribution in [3.8, 4) is 11.3 Å². The first-order valence-electron chi connectivity index (χ1n) is 7.79. The van der Waals surface area contributed by atoms with Gasteiger partial charge in [-0.15, -0.1) is 0 Å². The van der Waals surface area contributed by atoms with E-state index < -0.39 is 0 Å². The van der Waals surface area contributed by atoms with E-state index in [4.69, 9.17) is 22.3 Å². The zero-order valence-corrected chi connectivity index (χ0v) is 13.6. The second-order valence-corrected chi connectivity index (χ2v) is 6.14. The van der Waals surface area contributed by atoms with Crippen LogP contribution in [0.3, 0.4) is 0 Å². The van der Waals surface area contributed by atoms with Gasteiger partial charge in [-0.25, -0.2) is 9.97 Å². The van der Waals surface area contributed by atoms with Crippen molar-refractivity contribution < 1.29 is 0 Å². The number of hydrogen-bond donors (Lipinski definition) is 1. The van der Waals surface area contributed by atoms with Crippen LogP contribution in [0.1, 0.15) is 25.6 Å². The van der Waals surface area contributed by atoms with Crippen molar-refractivity contribution in [3.63, 3.8) is 0 Å². The van der Waals surface area contributed by atoms with Crippen LogP contribution in [0.5, 0.6) is 0 Å². The SMILES string of the molecule is CCc1ncc(N2CCC(N)CC2)c(-c2cccc(Cl)c2)n1. The Kier molecular flexibility index (Phi) is 4.60. The van der Waals surface area contributed by atoms with E-state index in [-0.39, 0.29) is 0 Å². The van der Waals surface area contributed by atoms with Gasteiger partial charge in [0.25, 0.3) is 0 Å². The Balaban J connectivity index is 2.02. The summed E-state index contributed by atoms with van der Waals surface area (Å²) in [5.74, 6) is 0.854. The number of aryl methyl sites for hydroxylation is 1. The highest BCUT2D eigenvalue weighted by molar-refractivity contribution is 6.30. The zero-order valence-electron chi connectivity index (χ0n) is 12.8. The molecule has 0 amide bonds. The summed E-state index contributed by atoms with van der Waals surface area (Å²) in [6.45, 7) is 3.96. The van der Waals surface area contributed by atoms with Gasteiger partial charge in [0, 0.05) is 36.1 Å². The number of rotatable bonds is 3. The lowest BCUT2D eigenvalue weighted by Crippen LogP contribution is -2.40. The standard InChI is InChI=1S/C17H21ClN4/c1-2-16-20-11-15(22-8-6-14(19)7-9-22)17(21-16)12-4-3-5-13(18)10-12/h3-5,10-11,14H,2,6-9,19H2,1H3. The molecule has 116 valence electrons. The van der Waals surface area contributed by atoms with E-state index in [0.29, 0.717) is 6.04 Å². The number of piperidine rings is 1. The highest BCUT2D eigenvalue weighted by atomic mass is 35.5. The Hall–Kier alpha value is -1.65. The van der Waals surface area contributed by atoms with Crippen LogP contribution in [0.4, 0.5) is 5.69 Å². The summed E-state index contributed by atoms with van der Waals surface area (Å²) >= 11 is 6.15. The third-order valence-corrected chi connectivity index (χ3v) is 4.35. The van der Waals surface area contributed by atoms with E-state index in [9.17, 15) is 0 Å². The van der Waals surface area contributed by atoms with Crippen LogP contribution >= 0.6 is 11.6 Å². The third-order valence-electron chi connectivity index (χ3n) is 4.11. The molecule has 0 saturated carbocycles. The molecule has 5 heteroatoms. The molecule has 1 aromatic carbocycles. The molecule has 1 aromatic heterocycles. The minimum absolute atomic E-state index is 0.307. The minimum atomic E-state index is 0.307. The van der Waals surface area contributed by atoms with Crippen molar-refractivity contribution >= 4 is 17.3 Å². The van der Waals surface area contributed by atoms with Crippen molar-refractivity contribution in [1.82, 2.24) is 9.97 Å². The Morgan fingerprint density at radius 3 is 2.77 bits per heavy atom. The maximum absolute atomic E-state index is 6.15. The van der Waals surface area contributed by atoms with E-state index in [1.165, 1.54) is 0 Å². The number of halogens is 1. The van der Waals surface area contributed by atoms with E-state index in [1.54, 1.807) is 0 Å². The largest absolute Gasteiger partial charge is 0.368 e. The summed E-state index contributed by atoms with van der Waals surface area (Å²) in [5.41, 5.74) is 9.09. The molecule has 3 rings (SSSR count). The quantitative estimate of drug-likeness (QED) is 0.944. The molecule has 1 aliphatic rings. The van der Waals surface area contributed by atoms with Gasteiger partial charge < -0.3 is 10.6 Å². The van der Waals surface area contributed by atoms with Gasteiger partial charge in [-0.1, -0.05) is 30.7 Å². The molecule has 0 bridgehead atoms. The van der Waals surface area contributed by atoms with Gasteiger partial charge in [0.15, 0.2) is 0 Å². The summed E-state index contributed by atoms with van der Waals surface area (Å²) in [7, 11) is 0. The van der Waals surface area contributed by atoms with Gasteiger partial charge in [-0.3, -0.25) is 0 Å². The topological polar surface area (TPSA) is 55.0 Å². The molecule has 1 fully saturated rings.